The highest BCUT2D eigenvalue weighted by Gasteiger charge is 2.19. The maximum atomic E-state index is 6.08. The van der Waals surface area contributed by atoms with E-state index in [4.69, 9.17) is 10.7 Å². The van der Waals surface area contributed by atoms with Crippen molar-refractivity contribution in [3.05, 3.63) is 65.5 Å². The lowest BCUT2D eigenvalue weighted by atomic mass is 9.97. The van der Waals surface area contributed by atoms with Gasteiger partial charge in [-0.15, -0.1) is 0 Å². The minimum Gasteiger partial charge on any atom is -0.330 e. The molecule has 3 aromatic rings. The Bertz CT molecular complexity index is 773. The molecule has 0 fully saturated rings. The molecule has 0 saturated heterocycles. The maximum Gasteiger partial charge on any atom is 0.114 e. The van der Waals surface area contributed by atoms with Crippen molar-refractivity contribution >= 4 is 11.0 Å². The second-order valence-electron chi connectivity index (χ2n) is 5.83. The largest absolute Gasteiger partial charge is 0.330 e. The number of aromatic nitrogens is 2. The lowest BCUT2D eigenvalue weighted by Crippen LogP contribution is -2.19. The van der Waals surface area contributed by atoms with Gasteiger partial charge < -0.3 is 10.3 Å². The second-order valence-corrected chi connectivity index (χ2v) is 5.83. The Kier molecular flexibility index (Phi) is 4.25. The first-order chi connectivity index (χ1) is 10.7. The molecule has 0 aliphatic carbocycles. The van der Waals surface area contributed by atoms with Crippen LogP contribution in [0.5, 0.6) is 0 Å². The SMILES string of the molecule is CCn1c(C(CN)Cc2cccc(C)c2)nc2ccccc21. The lowest BCUT2D eigenvalue weighted by Gasteiger charge is -2.16. The Balaban J connectivity index is 2.00. The molecule has 0 radical (unpaired) electrons. The van der Waals surface area contributed by atoms with Crippen LogP contribution < -0.4 is 5.73 Å². The van der Waals surface area contributed by atoms with E-state index in [9.17, 15) is 0 Å². The first-order valence-corrected chi connectivity index (χ1v) is 7.93. The molecule has 114 valence electrons. The molecule has 0 saturated carbocycles. The number of nitrogens with two attached hydrogens (primary N) is 1. The van der Waals surface area contributed by atoms with Gasteiger partial charge in [-0.05, 0) is 38.0 Å². The number of imidazole rings is 1. The van der Waals surface area contributed by atoms with E-state index in [2.05, 4.69) is 60.9 Å². The van der Waals surface area contributed by atoms with Gasteiger partial charge in [-0.1, -0.05) is 42.0 Å². The van der Waals surface area contributed by atoms with Gasteiger partial charge in [0.1, 0.15) is 5.82 Å². The van der Waals surface area contributed by atoms with Gasteiger partial charge in [0, 0.05) is 19.0 Å². The zero-order valence-corrected chi connectivity index (χ0v) is 13.3. The molecule has 0 aliphatic heterocycles. The van der Waals surface area contributed by atoms with Crippen LogP contribution in [0.15, 0.2) is 48.5 Å². The summed E-state index contributed by atoms with van der Waals surface area (Å²) in [5.41, 5.74) is 11.0. The van der Waals surface area contributed by atoms with Crippen LogP contribution in [-0.4, -0.2) is 16.1 Å². The van der Waals surface area contributed by atoms with Crippen LogP contribution in [0.1, 0.15) is 29.8 Å². The summed E-state index contributed by atoms with van der Waals surface area (Å²) in [6, 6.07) is 17.0. The van der Waals surface area contributed by atoms with Crippen LogP contribution in [0, 0.1) is 6.92 Å². The predicted molar refractivity (Wildman–Crippen MR) is 92.1 cm³/mol. The van der Waals surface area contributed by atoms with E-state index >= 15 is 0 Å². The fraction of sp³-hybridized carbons (Fsp3) is 0.316. The fourth-order valence-corrected chi connectivity index (χ4v) is 3.14. The third-order valence-corrected chi connectivity index (χ3v) is 4.21. The number of aryl methyl sites for hydroxylation is 2. The highest BCUT2D eigenvalue weighted by molar-refractivity contribution is 5.76. The average Bonchev–Trinajstić information content (AvgIpc) is 2.91. The molecular formula is C19H23N3. The molecule has 1 atom stereocenters. The molecule has 0 aliphatic rings. The predicted octanol–water partition coefficient (Wildman–Crippen LogP) is 3.65. The minimum absolute atomic E-state index is 0.245. The highest BCUT2D eigenvalue weighted by Crippen LogP contribution is 2.24. The van der Waals surface area contributed by atoms with Crippen molar-refractivity contribution in [2.45, 2.75) is 32.7 Å². The summed E-state index contributed by atoms with van der Waals surface area (Å²) in [5, 5.41) is 0. The molecule has 1 heterocycles. The number of para-hydroxylation sites is 2. The van der Waals surface area contributed by atoms with Gasteiger partial charge in [0.15, 0.2) is 0 Å². The van der Waals surface area contributed by atoms with E-state index in [0.717, 1.165) is 24.3 Å². The summed E-state index contributed by atoms with van der Waals surface area (Å²) in [6.07, 6.45) is 0.932. The van der Waals surface area contributed by atoms with Crippen LogP contribution in [0.25, 0.3) is 11.0 Å². The summed E-state index contributed by atoms with van der Waals surface area (Å²) in [4.78, 5) is 4.86. The summed E-state index contributed by atoms with van der Waals surface area (Å²) in [6.45, 7) is 5.82. The summed E-state index contributed by atoms with van der Waals surface area (Å²) < 4.78 is 2.29. The minimum atomic E-state index is 0.245. The molecule has 1 unspecified atom stereocenters. The quantitative estimate of drug-likeness (QED) is 0.780. The van der Waals surface area contributed by atoms with Crippen molar-refractivity contribution < 1.29 is 0 Å². The Morgan fingerprint density at radius 2 is 1.95 bits per heavy atom. The van der Waals surface area contributed by atoms with Gasteiger partial charge in [-0.2, -0.15) is 0 Å². The summed E-state index contributed by atoms with van der Waals surface area (Å²) >= 11 is 0. The first kappa shape index (κ1) is 14.8. The number of nitrogens with zero attached hydrogens (tertiary/aromatic N) is 2. The fourth-order valence-electron chi connectivity index (χ4n) is 3.14. The van der Waals surface area contributed by atoms with Gasteiger partial charge >= 0.3 is 0 Å². The van der Waals surface area contributed by atoms with Crippen molar-refractivity contribution in [2.24, 2.45) is 5.73 Å². The average molecular weight is 293 g/mol. The van der Waals surface area contributed by atoms with E-state index in [0.29, 0.717) is 6.54 Å². The van der Waals surface area contributed by atoms with Crippen LogP contribution in [0.4, 0.5) is 0 Å². The second kappa shape index (κ2) is 6.32. The van der Waals surface area contributed by atoms with Crippen LogP contribution in [-0.2, 0) is 13.0 Å². The summed E-state index contributed by atoms with van der Waals surface area (Å²) in [7, 11) is 0. The van der Waals surface area contributed by atoms with E-state index in [1.807, 2.05) is 6.07 Å². The molecule has 22 heavy (non-hydrogen) atoms. The molecule has 2 aromatic carbocycles. The zero-order valence-electron chi connectivity index (χ0n) is 13.3. The third kappa shape index (κ3) is 2.77. The van der Waals surface area contributed by atoms with Gasteiger partial charge in [0.2, 0.25) is 0 Å². The third-order valence-electron chi connectivity index (χ3n) is 4.21. The first-order valence-electron chi connectivity index (χ1n) is 7.93. The zero-order chi connectivity index (χ0) is 15.5. The molecule has 3 rings (SSSR count). The molecule has 0 spiro atoms. The van der Waals surface area contributed by atoms with Gasteiger partial charge in [-0.3, -0.25) is 0 Å². The summed E-state index contributed by atoms with van der Waals surface area (Å²) in [5.74, 6) is 1.35. The van der Waals surface area contributed by atoms with Crippen LogP contribution in [0.2, 0.25) is 0 Å². The van der Waals surface area contributed by atoms with Crippen LogP contribution >= 0.6 is 0 Å². The molecule has 1 aromatic heterocycles. The molecule has 3 heteroatoms. The van der Waals surface area contributed by atoms with Crippen molar-refractivity contribution in [1.29, 1.82) is 0 Å². The standard InChI is InChI=1S/C19H23N3/c1-3-22-18-10-5-4-9-17(18)21-19(22)16(13-20)12-15-8-6-7-14(2)11-15/h4-11,16H,3,12-13,20H2,1-2H3. The molecule has 0 bridgehead atoms. The number of rotatable bonds is 5. The molecule has 3 nitrogen and oxygen atoms in total. The van der Waals surface area contributed by atoms with Crippen molar-refractivity contribution in [3.63, 3.8) is 0 Å². The Morgan fingerprint density at radius 3 is 2.68 bits per heavy atom. The number of fused-ring (bicyclic) bond motifs is 1. The number of hydrogen-bond donors (Lipinski definition) is 1. The van der Waals surface area contributed by atoms with Gasteiger partial charge in [0.25, 0.3) is 0 Å². The number of benzene rings is 2. The monoisotopic (exact) mass is 293 g/mol. The van der Waals surface area contributed by atoms with Crippen molar-refractivity contribution in [2.75, 3.05) is 6.54 Å². The molecule has 0 amide bonds. The van der Waals surface area contributed by atoms with Crippen molar-refractivity contribution in [1.82, 2.24) is 9.55 Å². The normalized spacial score (nSPS) is 12.7. The maximum absolute atomic E-state index is 6.08. The lowest BCUT2D eigenvalue weighted by molar-refractivity contribution is 0.597. The van der Waals surface area contributed by atoms with E-state index in [1.54, 1.807) is 0 Å². The van der Waals surface area contributed by atoms with Crippen LogP contribution in [0.3, 0.4) is 0 Å². The van der Waals surface area contributed by atoms with Gasteiger partial charge in [0.05, 0.1) is 11.0 Å². The molecular weight excluding hydrogens is 270 g/mol. The van der Waals surface area contributed by atoms with Crippen molar-refractivity contribution in [3.8, 4) is 0 Å². The number of hydrogen-bond acceptors (Lipinski definition) is 2. The Labute approximate surface area is 131 Å². The van der Waals surface area contributed by atoms with Gasteiger partial charge in [-0.25, -0.2) is 4.98 Å². The smallest absolute Gasteiger partial charge is 0.114 e. The van der Waals surface area contributed by atoms with E-state index < -0.39 is 0 Å². The Hall–Kier alpha value is -2.13. The molecule has 2 N–H and O–H groups in total. The Morgan fingerprint density at radius 1 is 1.14 bits per heavy atom. The highest BCUT2D eigenvalue weighted by atomic mass is 15.1. The van der Waals surface area contributed by atoms with E-state index in [1.165, 1.54) is 16.6 Å². The topological polar surface area (TPSA) is 43.8 Å². The van der Waals surface area contributed by atoms with E-state index in [-0.39, 0.29) is 5.92 Å².